The van der Waals surface area contributed by atoms with Crippen molar-refractivity contribution in [2.75, 3.05) is 17.2 Å². The van der Waals surface area contributed by atoms with Gasteiger partial charge in [0.1, 0.15) is 6.33 Å². The van der Waals surface area contributed by atoms with Crippen LogP contribution >= 0.6 is 0 Å². The van der Waals surface area contributed by atoms with Gasteiger partial charge < -0.3 is 10.6 Å². The molecule has 0 bridgehead atoms. The molecule has 2 aromatic rings. The molecule has 1 atom stereocenters. The molecule has 0 aliphatic heterocycles. The van der Waals surface area contributed by atoms with Crippen molar-refractivity contribution in [1.29, 1.82) is 0 Å². The molecule has 2 heterocycles. The van der Waals surface area contributed by atoms with E-state index in [4.69, 9.17) is 0 Å². The fraction of sp³-hybridized carbons (Fsp3) is 0.571. The smallest absolute Gasteiger partial charge is 0.241 e. The van der Waals surface area contributed by atoms with Gasteiger partial charge in [-0.05, 0) is 19.8 Å². The van der Waals surface area contributed by atoms with Gasteiger partial charge in [-0.15, -0.1) is 0 Å². The van der Waals surface area contributed by atoms with Gasteiger partial charge >= 0.3 is 0 Å². The van der Waals surface area contributed by atoms with Crippen LogP contribution < -0.4 is 10.6 Å². The van der Waals surface area contributed by atoms with Crippen LogP contribution in [-0.2, 0) is 0 Å². The molecule has 0 fully saturated rings. The molecule has 7 heteroatoms. The minimum Gasteiger partial charge on any atom is -0.354 e. The summed E-state index contributed by atoms with van der Waals surface area (Å²) in [6.07, 6.45) is 8.47. The summed E-state index contributed by atoms with van der Waals surface area (Å²) in [6, 6.07) is 0.377. The van der Waals surface area contributed by atoms with Crippen LogP contribution in [0.3, 0.4) is 0 Å². The highest BCUT2D eigenvalue weighted by atomic mass is 15.3. The summed E-state index contributed by atoms with van der Waals surface area (Å²) in [6.45, 7) is 7.12. The minimum atomic E-state index is 0.377. The van der Waals surface area contributed by atoms with Gasteiger partial charge in [-0.25, -0.2) is 4.98 Å². The average Bonchev–Trinajstić information content (AvgIpc) is 3.01. The number of rotatable bonds is 8. The van der Waals surface area contributed by atoms with Crippen LogP contribution in [0.15, 0.2) is 18.7 Å². The first-order valence-electron chi connectivity index (χ1n) is 7.51. The Bertz CT molecular complexity index is 538. The Kier molecular flexibility index (Phi) is 5.48. The monoisotopic (exact) mass is 289 g/mol. The van der Waals surface area contributed by atoms with E-state index < -0.39 is 0 Å². The van der Waals surface area contributed by atoms with Crippen LogP contribution in [0.2, 0.25) is 0 Å². The van der Waals surface area contributed by atoms with Crippen molar-refractivity contribution in [3.8, 4) is 5.95 Å². The van der Waals surface area contributed by atoms with Gasteiger partial charge in [0.05, 0.1) is 0 Å². The number of nitrogens with zero attached hydrogens (tertiary/aromatic N) is 5. The molecule has 0 amide bonds. The Labute approximate surface area is 125 Å². The Morgan fingerprint density at radius 1 is 1.14 bits per heavy atom. The van der Waals surface area contributed by atoms with E-state index in [0.717, 1.165) is 25.8 Å². The first-order valence-corrected chi connectivity index (χ1v) is 7.51. The Morgan fingerprint density at radius 2 is 1.95 bits per heavy atom. The first-order chi connectivity index (χ1) is 10.3. The van der Waals surface area contributed by atoms with Crippen LogP contribution in [0.25, 0.3) is 5.95 Å². The molecule has 114 valence electrons. The second kappa shape index (κ2) is 7.56. The number of nitrogens with one attached hydrogen (secondary N) is 2. The Balaban J connectivity index is 2.27. The predicted octanol–water partition coefficient (Wildman–Crippen LogP) is 2.48. The van der Waals surface area contributed by atoms with Crippen molar-refractivity contribution in [3.63, 3.8) is 0 Å². The Hall–Kier alpha value is -2.18. The zero-order valence-corrected chi connectivity index (χ0v) is 12.9. The predicted molar refractivity (Wildman–Crippen MR) is 83.7 cm³/mol. The highest BCUT2D eigenvalue weighted by Crippen LogP contribution is 2.13. The van der Waals surface area contributed by atoms with Gasteiger partial charge in [-0.2, -0.15) is 15.0 Å². The van der Waals surface area contributed by atoms with E-state index in [1.807, 2.05) is 13.1 Å². The van der Waals surface area contributed by atoms with Crippen LogP contribution in [0.1, 0.15) is 40.0 Å². The molecule has 2 N–H and O–H groups in total. The quantitative estimate of drug-likeness (QED) is 0.777. The number of anilines is 2. The third-order valence-corrected chi connectivity index (χ3v) is 3.16. The SMILES string of the molecule is CCCC(CC)Nc1nc(NCC)nc(-n2ccnc2)n1. The summed E-state index contributed by atoms with van der Waals surface area (Å²) in [4.78, 5) is 17.3. The van der Waals surface area contributed by atoms with E-state index in [1.54, 1.807) is 17.1 Å². The summed E-state index contributed by atoms with van der Waals surface area (Å²) in [7, 11) is 0. The second-order valence-electron chi connectivity index (χ2n) is 4.82. The molecule has 2 aromatic heterocycles. The largest absolute Gasteiger partial charge is 0.354 e. The summed E-state index contributed by atoms with van der Waals surface area (Å²) in [5.41, 5.74) is 0. The molecule has 0 saturated carbocycles. The van der Waals surface area contributed by atoms with E-state index in [0.29, 0.717) is 23.9 Å². The van der Waals surface area contributed by atoms with E-state index in [-0.39, 0.29) is 0 Å². The van der Waals surface area contributed by atoms with Crippen molar-refractivity contribution in [2.45, 2.75) is 46.1 Å². The number of hydrogen-bond acceptors (Lipinski definition) is 6. The second-order valence-corrected chi connectivity index (χ2v) is 4.82. The molecule has 7 nitrogen and oxygen atoms in total. The fourth-order valence-corrected chi connectivity index (χ4v) is 2.07. The zero-order valence-electron chi connectivity index (χ0n) is 12.9. The molecule has 0 aliphatic rings. The number of hydrogen-bond donors (Lipinski definition) is 2. The number of imidazole rings is 1. The van der Waals surface area contributed by atoms with E-state index in [9.17, 15) is 0 Å². The molecular formula is C14H23N7. The summed E-state index contributed by atoms with van der Waals surface area (Å²) >= 11 is 0. The van der Waals surface area contributed by atoms with Crippen molar-refractivity contribution >= 4 is 11.9 Å². The van der Waals surface area contributed by atoms with Gasteiger partial charge in [0.25, 0.3) is 0 Å². The molecule has 2 rings (SSSR count). The maximum Gasteiger partial charge on any atom is 0.241 e. The average molecular weight is 289 g/mol. The van der Waals surface area contributed by atoms with E-state index in [2.05, 4.69) is 44.4 Å². The van der Waals surface area contributed by atoms with Crippen LogP contribution in [0.4, 0.5) is 11.9 Å². The van der Waals surface area contributed by atoms with Crippen molar-refractivity contribution in [1.82, 2.24) is 24.5 Å². The van der Waals surface area contributed by atoms with E-state index in [1.165, 1.54) is 0 Å². The third kappa shape index (κ3) is 4.14. The van der Waals surface area contributed by atoms with Gasteiger partial charge in [-0.3, -0.25) is 4.57 Å². The molecule has 1 unspecified atom stereocenters. The first kappa shape index (κ1) is 15.2. The molecular weight excluding hydrogens is 266 g/mol. The van der Waals surface area contributed by atoms with Crippen LogP contribution in [-0.4, -0.2) is 37.1 Å². The van der Waals surface area contributed by atoms with Crippen molar-refractivity contribution in [3.05, 3.63) is 18.7 Å². The maximum atomic E-state index is 4.48. The van der Waals surface area contributed by atoms with Gasteiger partial charge in [0, 0.05) is 25.0 Å². The minimum absolute atomic E-state index is 0.377. The maximum absolute atomic E-state index is 4.48. The van der Waals surface area contributed by atoms with Crippen molar-refractivity contribution in [2.24, 2.45) is 0 Å². The van der Waals surface area contributed by atoms with Gasteiger partial charge in [-0.1, -0.05) is 20.3 Å². The standard InChI is InChI=1S/C14H23N7/c1-4-7-11(5-2)17-13-18-12(16-6-3)19-14(20-13)21-9-8-15-10-21/h8-11H,4-7H2,1-3H3,(H2,16,17,18,19,20). The van der Waals surface area contributed by atoms with E-state index >= 15 is 0 Å². The van der Waals surface area contributed by atoms with Gasteiger partial charge in [0.15, 0.2) is 0 Å². The third-order valence-electron chi connectivity index (χ3n) is 3.16. The highest BCUT2D eigenvalue weighted by Gasteiger charge is 2.11. The van der Waals surface area contributed by atoms with Crippen LogP contribution in [0.5, 0.6) is 0 Å². The molecule has 0 saturated heterocycles. The van der Waals surface area contributed by atoms with Crippen LogP contribution in [0, 0.1) is 0 Å². The molecule has 21 heavy (non-hydrogen) atoms. The molecule has 0 radical (unpaired) electrons. The molecule has 0 aliphatic carbocycles. The molecule has 0 spiro atoms. The zero-order chi connectivity index (χ0) is 15.1. The summed E-state index contributed by atoms with van der Waals surface area (Å²) in [5, 5.41) is 6.53. The lowest BCUT2D eigenvalue weighted by Crippen LogP contribution is -2.21. The fourth-order valence-electron chi connectivity index (χ4n) is 2.07. The van der Waals surface area contributed by atoms with Gasteiger partial charge in [0.2, 0.25) is 17.8 Å². The highest BCUT2D eigenvalue weighted by molar-refractivity contribution is 5.38. The topological polar surface area (TPSA) is 80.5 Å². The lowest BCUT2D eigenvalue weighted by molar-refractivity contribution is 0.616. The normalized spacial score (nSPS) is 12.1. The Morgan fingerprint density at radius 3 is 2.57 bits per heavy atom. The molecule has 0 aromatic carbocycles. The summed E-state index contributed by atoms with van der Waals surface area (Å²) in [5.74, 6) is 1.74. The lowest BCUT2D eigenvalue weighted by Gasteiger charge is -2.17. The van der Waals surface area contributed by atoms with Crippen molar-refractivity contribution < 1.29 is 0 Å². The number of aromatic nitrogens is 5. The lowest BCUT2D eigenvalue weighted by atomic mass is 10.1. The summed E-state index contributed by atoms with van der Waals surface area (Å²) < 4.78 is 1.77.